The molecule has 5 nitrogen and oxygen atoms in total. The van der Waals surface area contributed by atoms with E-state index in [0.29, 0.717) is 11.8 Å². The van der Waals surface area contributed by atoms with Gasteiger partial charge in [0.25, 0.3) is 0 Å². The molecule has 0 radical (unpaired) electrons. The van der Waals surface area contributed by atoms with Crippen LogP contribution in [-0.2, 0) is 0 Å². The van der Waals surface area contributed by atoms with Crippen LogP contribution in [0.3, 0.4) is 0 Å². The van der Waals surface area contributed by atoms with E-state index in [-0.39, 0.29) is 0 Å². The van der Waals surface area contributed by atoms with Gasteiger partial charge >= 0.3 is 0 Å². The molecule has 19 heavy (non-hydrogen) atoms. The Morgan fingerprint density at radius 3 is 2.37 bits per heavy atom. The molecule has 0 saturated carbocycles. The molecule has 0 aliphatic heterocycles. The Balaban J connectivity index is 2.41. The molecule has 0 aliphatic carbocycles. The Hall–Kier alpha value is -1.18. The number of aryl methyl sites for hydroxylation is 2. The molecular formula is C12H13Br2N5. The number of anilines is 3. The summed E-state index contributed by atoms with van der Waals surface area (Å²) in [4.78, 5) is 8.29. The number of rotatable bonds is 3. The zero-order valence-electron chi connectivity index (χ0n) is 10.5. The molecule has 1 aromatic heterocycles. The van der Waals surface area contributed by atoms with Crippen molar-refractivity contribution in [2.45, 2.75) is 13.8 Å². The highest BCUT2D eigenvalue weighted by molar-refractivity contribution is 9.10. The van der Waals surface area contributed by atoms with Crippen LogP contribution in [0.25, 0.3) is 0 Å². The van der Waals surface area contributed by atoms with Crippen molar-refractivity contribution >= 4 is 49.3 Å². The molecule has 0 unspecified atom stereocenters. The maximum atomic E-state index is 5.32. The molecule has 1 heterocycles. The average Bonchev–Trinajstić information content (AvgIpc) is 2.35. The number of nitrogens with zero attached hydrogens (tertiary/aromatic N) is 2. The van der Waals surface area contributed by atoms with Crippen molar-refractivity contribution in [3.05, 3.63) is 38.4 Å². The highest BCUT2D eigenvalue weighted by Gasteiger charge is 2.09. The molecule has 0 fully saturated rings. The minimum absolute atomic E-state index is 0.359. The topological polar surface area (TPSA) is 75.9 Å². The highest BCUT2D eigenvalue weighted by atomic mass is 79.9. The van der Waals surface area contributed by atoms with Gasteiger partial charge in [-0.25, -0.2) is 10.8 Å². The largest absolute Gasteiger partial charge is 0.339 e. The summed E-state index contributed by atoms with van der Waals surface area (Å²) in [5.41, 5.74) is 5.70. The fraction of sp³-hybridized carbons (Fsp3) is 0.167. The second-order valence-electron chi connectivity index (χ2n) is 4.07. The quantitative estimate of drug-likeness (QED) is 0.554. The van der Waals surface area contributed by atoms with Crippen molar-refractivity contribution in [1.29, 1.82) is 0 Å². The number of nitrogens with two attached hydrogens (primary N) is 1. The van der Waals surface area contributed by atoms with Crippen molar-refractivity contribution in [2.75, 3.05) is 10.7 Å². The number of benzene rings is 1. The van der Waals surface area contributed by atoms with E-state index in [1.807, 2.05) is 26.0 Å². The zero-order chi connectivity index (χ0) is 14.0. The molecule has 100 valence electrons. The summed E-state index contributed by atoms with van der Waals surface area (Å²) in [6.07, 6.45) is 1.65. The maximum absolute atomic E-state index is 5.32. The van der Waals surface area contributed by atoms with Crippen LogP contribution in [0.15, 0.2) is 27.3 Å². The van der Waals surface area contributed by atoms with Crippen molar-refractivity contribution in [1.82, 2.24) is 9.97 Å². The lowest BCUT2D eigenvalue weighted by molar-refractivity contribution is 1.11. The van der Waals surface area contributed by atoms with Gasteiger partial charge in [0.05, 0.1) is 4.47 Å². The molecule has 0 amide bonds. The Morgan fingerprint density at radius 1 is 1.16 bits per heavy atom. The van der Waals surface area contributed by atoms with E-state index < -0.39 is 0 Å². The summed E-state index contributed by atoms with van der Waals surface area (Å²) >= 11 is 6.90. The minimum atomic E-state index is 0.359. The fourth-order valence-electron chi connectivity index (χ4n) is 1.75. The van der Waals surface area contributed by atoms with Gasteiger partial charge in [0.15, 0.2) is 0 Å². The van der Waals surface area contributed by atoms with Gasteiger partial charge < -0.3 is 5.32 Å². The molecule has 2 aromatic rings. The molecule has 2 rings (SSSR count). The van der Waals surface area contributed by atoms with Crippen LogP contribution in [0.4, 0.5) is 17.5 Å². The van der Waals surface area contributed by atoms with E-state index in [0.717, 1.165) is 25.8 Å². The van der Waals surface area contributed by atoms with Crippen LogP contribution in [0.2, 0.25) is 0 Å². The summed E-state index contributed by atoms with van der Waals surface area (Å²) in [7, 11) is 0. The summed E-state index contributed by atoms with van der Waals surface area (Å²) in [6.45, 7) is 4.08. The SMILES string of the molecule is Cc1cc(Br)cc(C)c1Nc1nc(NN)ncc1Br. The number of nitrogen functional groups attached to an aromatic ring is 1. The summed E-state index contributed by atoms with van der Waals surface area (Å²) in [6, 6.07) is 4.10. The van der Waals surface area contributed by atoms with Crippen molar-refractivity contribution in [3.63, 3.8) is 0 Å². The molecule has 4 N–H and O–H groups in total. The molecule has 0 aliphatic rings. The third-order valence-electron chi connectivity index (χ3n) is 2.61. The van der Waals surface area contributed by atoms with E-state index in [1.165, 1.54) is 0 Å². The minimum Gasteiger partial charge on any atom is -0.339 e. The summed E-state index contributed by atoms with van der Waals surface area (Å²) < 4.78 is 1.83. The van der Waals surface area contributed by atoms with Crippen LogP contribution >= 0.6 is 31.9 Å². The van der Waals surface area contributed by atoms with E-state index in [1.54, 1.807) is 6.20 Å². The van der Waals surface area contributed by atoms with Gasteiger partial charge in [-0.3, -0.25) is 5.43 Å². The van der Waals surface area contributed by atoms with E-state index in [2.05, 4.69) is 52.6 Å². The molecule has 0 spiro atoms. The van der Waals surface area contributed by atoms with Crippen molar-refractivity contribution in [2.24, 2.45) is 5.84 Å². The Labute approximate surface area is 128 Å². The maximum Gasteiger partial charge on any atom is 0.239 e. The third kappa shape index (κ3) is 3.23. The van der Waals surface area contributed by atoms with Crippen molar-refractivity contribution < 1.29 is 0 Å². The lowest BCUT2D eigenvalue weighted by Crippen LogP contribution is -2.11. The van der Waals surface area contributed by atoms with Crippen LogP contribution in [-0.4, -0.2) is 9.97 Å². The van der Waals surface area contributed by atoms with Gasteiger partial charge in [0.1, 0.15) is 5.82 Å². The number of hydrogen-bond acceptors (Lipinski definition) is 5. The van der Waals surface area contributed by atoms with Crippen LogP contribution in [0.5, 0.6) is 0 Å². The van der Waals surface area contributed by atoms with Crippen LogP contribution in [0, 0.1) is 13.8 Å². The zero-order valence-corrected chi connectivity index (χ0v) is 13.6. The Bertz CT molecular complexity index is 592. The van der Waals surface area contributed by atoms with Gasteiger partial charge in [-0.05, 0) is 53.0 Å². The van der Waals surface area contributed by atoms with Crippen LogP contribution in [0.1, 0.15) is 11.1 Å². The first-order chi connectivity index (χ1) is 9.01. The molecule has 7 heteroatoms. The third-order valence-corrected chi connectivity index (χ3v) is 3.65. The first kappa shape index (κ1) is 14.2. The number of nitrogens with one attached hydrogen (secondary N) is 2. The standard InChI is InChI=1S/C12H13Br2N5/c1-6-3-8(13)4-7(2)10(6)17-11-9(14)5-16-12(18-11)19-15/h3-5H,15H2,1-2H3,(H2,16,17,18,19). The predicted octanol–water partition coefficient (Wildman–Crippen LogP) is 3.65. The lowest BCUT2D eigenvalue weighted by Gasteiger charge is -2.14. The first-order valence-corrected chi connectivity index (χ1v) is 7.13. The smallest absolute Gasteiger partial charge is 0.239 e. The molecule has 0 atom stereocenters. The van der Waals surface area contributed by atoms with E-state index >= 15 is 0 Å². The van der Waals surface area contributed by atoms with Crippen molar-refractivity contribution in [3.8, 4) is 0 Å². The first-order valence-electron chi connectivity index (χ1n) is 5.54. The normalized spacial score (nSPS) is 10.4. The molecule has 0 saturated heterocycles. The molecule has 1 aromatic carbocycles. The summed E-state index contributed by atoms with van der Waals surface area (Å²) in [5.74, 6) is 6.34. The monoisotopic (exact) mass is 385 g/mol. The second kappa shape index (κ2) is 5.85. The summed E-state index contributed by atoms with van der Waals surface area (Å²) in [5, 5.41) is 3.30. The van der Waals surface area contributed by atoms with Gasteiger partial charge in [-0.1, -0.05) is 15.9 Å². The molecular weight excluding hydrogens is 374 g/mol. The number of hydrogen-bond donors (Lipinski definition) is 3. The van der Waals surface area contributed by atoms with Gasteiger partial charge in [0, 0.05) is 16.4 Å². The van der Waals surface area contributed by atoms with Gasteiger partial charge in [-0.2, -0.15) is 4.98 Å². The van der Waals surface area contributed by atoms with Gasteiger partial charge in [-0.15, -0.1) is 0 Å². The van der Waals surface area contributed by atoms with E-state index in [4.69, 9.17) is 5.84 Å². The Morgan fingerprint density at radius 2 is 1.79 bits per heavy atom. The predicted molar refractivity (Wildman–Crippen MR) is 84.4 cm³/mol. The second-order valence-corrected chi connectivity index (χ2v) is 5.84. The van der Waals surface area contributed by atoms with Gasteiger partial charge in [0.2, 0.25) is 5.95 Å². The number of halogens is 2. The highest BCUT2D eigenvalue weighted by Crippen LogP contribution is 2.30. The number of hydrazine groups is 1. The number of aromatic nitrogens is 2. The van der Waals surface area contributed by atoms with E-state index in [9.17, 15) is 0 Å². The lowest BCUT2D eigenvalue weighted by atomic mass is 10.1. The Kier molecular flexibility index (Phi) is 4.38. The average molecular weight is 387 g/mol. The fourth-order valence-corrected chi connectivity index (χ4v) is 2.73. The van der Waals surface area contributed by atoms with Crippen LogP contribution < -0.4 is 16.6 Å². The molecule has 0 bridgehead atoms.